The highest BCUT2D eigenvalue weighted by Gasteiger charge is 2.22. The van der Waals surface area contributed by atoms with E-state index in [0.717, 1.165) is 29.5 Å². The van der Waals surface area contributed by atoms with Crippen LogP contribution in [0.3, 0.4) is 0 Å². The van der Waals surface area contributed by atoms with E-state index in [1.54, 1.807) is 23.3 Å². The number of aromatic nitrogens is 2. The van der Waals surface area contributed by atoms with Crippen LogP contribution in [0.15, 0.2) is 4.79 Å². The van der Waals surface area contributed by atoms with E-state index in [9.17, 15) is 9.59 Å². The third kappa shape index (κ3) is 3.04. The Hall–Kier alpha value is -1.93. The Bertz CT molecular complexity index is 867. The van der Waals surface area contributed by atoms with Crippen molar-refractivity contribution in [1.29, 1.82) is 0 Å². The summed E-state index contributed by atoms with van der Waals surface area (Å²) in [5, 5.41) is 3.82. The summed E-state index contributed by atoms with van der Waals surface area (Å²) in [5.74, 6) is 0.459. The van der Waals surface area contributed by atoms with Gasteiger partial charge in [-0.25, -0.2) is 4.98 Å². The van der Waals surface area contributed by atoms with Crippen LogP contribution in [0.25, 0.3) is 10.2 Å². The highest BCUT2D eigenvalue weighted by molar-refractivity contribution is 7.18. The summed E-state index contributed by atoms with van der Waals surface area (Å²) in [6, 6.07) is 0. The van der Waals surface area contributed by atoms with Crippen LogP contribution in [-0.2, 0) is 29.4 Å². The molecule has 1 saturated heterocycles. The van der Waals surface area contributed by atoms with Crippen molar-refractivity contribution in [2.45, 2.75) is 25.7 Å². The second kappa shape index (κ2) is 6.76. The van der Waals surface area contributed by atoms with Crippen molar-refractivity contribution < 1.29 is 9.53 Å². The van der Waals surface area contributed by atoms with Crippen molar-refractivity contribution in [3.05, 3.63) is 20.8 Å². The summed E-state index contributed by atoms with van der Waals surface area (Å²) in [6.07, 6.45) is 4.32. The molecule has 1 amide bonds. The lowest BCUT2D eigenvalue weighted by Gasteiger charge is -2.27. The summed E-state index contributed by atoms with van der Waals surface area (Å²) in [5.41, 5.74) is 1.17. The molecule has 0 bridgehead atoms. The number of nitrogens with zero attached hydrogens (tertiary/aromatic N) is 3. The second-order valence-electron chi connectivity index (χ2n) is 6.54. The number of fused-ring (bicyclic) bond motifs is 3. The van der Waals surface area contributed by atoms with E-state index in [1.807, 2.05) is 0 Å². The Morgan fingerprint density at radius 3 is 2.84 bits per heavy atom. The van der Waals surface area contributed by atoms with Crippen LogP contribution in [0.5, 0.6) is 0 Å². The van der Waals surface area contributed by atoms with Crippen LogP contribution in [0.2, 0.25) is 0 Å². The molecule has 0 unspecified atom stereocenters. The van der Waals surface area contributed by atoms with Crippen LogP contribution in [0, 0.1) is 0 Å². The molecule has 25 heavy (non-hydrogen) atoms. The third-order valence-corrected chi connectivity index (χ3v) is 6.14. The van der Waals surface area contributed by atoms with Crippen molar-refractivity contribution in [2.24, 2.45) is 7.05 Å². The van der Waals surface area contributed by atoms with Crippen LogP contribution < -0.4 is 10.9 Å². The fraction of sp³-hybridized carbons (Fsp3) is 0.588. The van der Waals surface area contributed by atoms with Gasteiger partial charge in [-0.1, -0.05) is 0 Å². The maximum Gasteiger partial charge on any atom is 0.263 e. The number of carbonyl (C=O) groups is 1. The Balaban J connectivity index is 1.58. The summed E-state index contributed by atoms with van der Waals surface area (Å²) >= 11 is 1.62. The smallest absolute Gasteiger partial charge is 0.263 e. The maximum atomic E-state index is 12.8. The van der Waals surface area contributed by atoms with Crippen molar-refractivity contribution in [1.82, 2.24) is 14.5 Å². The average Bonchev–Trinajstić information content (AvgIpc) is 3.02. The molecule has 0 aromatic carbocycles. The number of anilines is 1. The first kappa shape index (κ1) is 16.5. The Labute approximate surface area is 149 Å². The number of rotatable bonds is 3. The lowest BCUT2D eigenvalue weighted by atomic mass is 9.97. The van der Waals surface area contributed by atoms with Gasteiger partial charge in [-0.2, -0.15) is 0 Å². The molecule has 8 heteroatoms. The van der Waals surface area contributed by atoms with Gasteiger partial charge in [0.25, 0.3) is 5.56 Å². The minimum Gasteiger partial charge on any atom is -0.378 e. The summed E-state index contributed by atoms with van der Waals surface area (Å²) < 4.78 is 6.79. The highest BCUT2D eigenvalue weighted by Crippen LogP contribution is 2.34. The Morgan fingerprint density at radius 1 is 1.28 bits per heavy atom. The van der Waals surface area contributed by atoms with Gasteiger partial charge in [-0.15, -0.1) is 11.3 Å². The Morgan fingerprint density at radius 2 is 2.04 bits per heavy atom. The molecule has 7 nitrogen and oxygen atoms in total. The molecule has 0 saturated carbocycles. The van der Waals surface area contributed by atoms with Crippen LogP contribution in [0.1, 0.15) is 23.3 Å². The summed E-state index contributed by atoms with van der Waals surface area (Å²) in [7, 11) is 1.71. The molecule has 2 aromatic rings. The fourth-order valence-electron chi connectivity index (χ4n) is 3.52. The van der Waals surface area contributed by atoms with Gasteiger partial charge < -0.3 is 15.0 Å². The quantitative estimate of drug-likeness (QED) is 0.886. The van der Waals surface area contributed by atoms with E-state index in [0.29, 0.717) is 32.3 Å². The fourth-order valence-corrected chi connectivity index (χ4v) is 4.77. The average molecular weight is 362 g/mol. The topological polar surface area (TPSA) is 76.5 Å². The largest absolute Gasteiger partial charge is 0.378 e. The van der Waals surface area contributed by atoms with Crippen molar-refractivity contribution in [2.75, 3.05) is 38.2 Å². The number of ether oxygens (including phenoxy) is 1. The normalized spacial score (nSPS) is 17.6. The van der Waals surface area contributed by atoms with Gasteiger partial charge in [-0.05, 0) is 31.2 Å². The van der Waals surface area contributed by atoms with E-state index in [1.165, 1.54) is 21.4 Å². The number of hydrogen-bond acceptors (Lipinski definition) is 6. The van der Waals surface area contributed by atoms with Crippen molar-refractivity contribution >= 4 is 33.4 Å². The molecule has 134 valence electrons. The van der Waals surface area contributed by atoms with Gasteiger partial charge in [-0.3, -0.25) is 14.2 Å². The monoisotopic (exact) mass is 362 g/mol. The number of thiophene rings is 1. The maximum absolute atomic E-state index is 12.8. The predicted octanol–water partition coefficient (Wildman–Crippen LogP) is 1.14. The standard InChI is InChI=1S/C17H22N4O3S/c1-20-16(23)14-11-4-2-3-5-12(11)25-15(14)19-17(20)18-10-13(22)21-6-8-24-9-7-21/h2-10H2,1H3,(H,18,19). The number of carbonyl (C=O) groups excluding carboxylic acids is 1. The molecule has 0 atom stereocenters. The molecule has 0 radical (unpaired) electrons. The van der Waals surface area contributed by atoms with Gasteiger partial charge in [0, 0.05) is 25.0 Å². The lowest BCUT2D eigenvalue weighted by Crippen LogP contribution is -2.43. The minimum atomic E-state index is -0.0225. The first-order chi connectivity index (χ1) is 12.1. The number of morpholine rings is 1. The minimum absolute atomic E-state index is 0.00289. The highest BCUT2D eigenvalue weighted by atomic mass is 32.1. The van der Waals surface area contributed by atoms with Gasteiger partial charge in [0.1, 0.15) is 4.83 Å². The van der Waals surface area contributed by atoms with Crippen molar-refractivity contribution in [3.63, 3.8) is 0 Å². The van der Waals surface area contributed by atoms with Crippen molar-refractivity contribution in [3.8, 4) is 0 Å². The van der Waals surface area contributed by atoms with Crippen LogP contribution in [-0.4, -0.2) is 53.2 Å². The lowest BCUT2D eigenvalue weighted by molar-refractivity contribution is -0.133. The molecule has 1 aliphatic carbocycles. The van der Waals surface area contributed by atoms with E-state index < -0.39 is 0 Å². The molecule has 0 spiro atoms. The van der Waals surface area contributed by atoms with Crippen LogP contribution in [0.4, 0.5) is 5.95 Å². The predicted molar refractivity (Wildman–Crippen MR) is 97.4 cm³/mol. The molecule has 2 aliphatic rings. The zero-order chi connectivity index (χ0) is 17.4. The number of amides is 1. The first-order valence-electron chi connectivity index (χ1n) is 8.76. The summed E-state index contributed by atoms with van der Waals surface area (Å²) in [6.45, 7) is 2.52. The SMILES string of the molecule is Cn1c(NCC(=O)N2CCOCC2)nc2sc3c(c2c1=O)CCCC3. The van der Waals surface area contributed by atoms with E-state index in [2.05, 4.69) is 10.3 Å². The molecular weight excluding hydrogens is 340 g/mol. The number of hydrogen-bond donors (Lipinski definition) is 1. The molecule has 3 heterocycles. The third-order valence-electron chi connectivity index (χ3n) is 4.96. The zero-order valence-corrected chi connectivity index (χ0v) is 15.2. The molecule has 2 aromatic heterocycles. The van der Waals surface area contributed by atoms with E-state index in [4.69, 9.17) is 4.74 Å². The van der Waals surface area contributed by atoms with Gasteiger partial charge in [0.2, 0.25) is 11.9 Å². The Kier molecular flexibility index (Phi) is 4.47. The zero-order valence-electron chi connectivity index (χ0n) is 14.3. The second-order valence-corrected chi connectivity index (χ2v) is 7.62. The van der Waals surface area contributed by atoms with E-state index >= 15 is 0 Å². The first-order valence-corrected chi connectivity index (χ1v) is 9.57. The van der Waals surface area contributed by atoms with Crippen LogP contribution >= 0.6 is 11.3 Å². The molecular formula is C17H22N4O3S. The van der Waals surface area contributed by atoms with Gasteiger partial charge >= 0.3 is 0 Å². The number of aryl methyl sites for hydroxylation is 2. The van der Waals surface area contributed by atoms with Gasteiger partial charge in [0.05, 0.1) is 25.1 Å². The molecule has 1 aliphatic heterocycles. The molecule has 4 rings (SSSR count). The van der Waals surface area contributed by atoms with E-state index in [-0.39, 0.29) is 18.0 Å². The van der Waals surface area contributed by atoms with Gasteiger partial charge in [0.15, 0.2) is 0 Å². The molecule has 1 N–H and O–H groups in total. The molecule has 1 fully saturated rings. The summed E-state index contributed by atoms with van der Waals surface area (Å²) in [4.78, 5) is 33.6. The number of nitrogens with one attached hydrogen (secondary N) is 1.